The number of hydrogen-bond donors (Lipinski definition) is 1. The van der Waals surface area contributed by atoms with Gasteiger partial charge in [-0.1, -0.05) is 6.92 Å². The average molecular weight is 251 g/mol. The molecule has 18 heavy (non-hydrogen) atoms. The molecule has 0 aliphatic heterocycles. The SMILES string of the molecule is CCCOc1ccc(C(=O)NCC(=O)OC)cc1. The number of carbonyl (C=O) groups excluding carboxylic acids is 2. The molecule has 1 aromatic carbocycles. The predicted octanol–water partition coefficient (Wildman–Crippen LogP) is 1.38. The van der Waals surface area contributed by atoms with Crippen molar-refractivity contribution in [3.05, 3.63) is 29.8 Å². The van der Waals surface area contributed by atoms with Crippen LogP contribution in [0.15, 0.2) is 24.3 Å². The van der Waals surface area contributed by atoms with Gasteiger partial charge in [0.05, 0.1) is 13.7 Å². The number of carbonyl (C=O) groups is 2. The molecule has 0 bridgehead atoms. The Balaban J connectivity index is 2.51. The van der Waals surface area contributed by atoms with E-state index in [2.05, 4.69) is 10.1 Å². The minimum absolute atomic E-state index is 0.135. The molecule has 5 heteroatoms. The summed E-state index contributed by atoms with van der Waals surface area (Å²) < 4.78 is 9.83. The van der Waals surface area contributed by atoms with Gasteiger partial charge in [0.15, 0.2) is 0 Å². The molecular formula is C13H17NO4. The van der Waals surface area contributed by atoms with Crippen LogP contribution in [0.3, 0.4) is 0 Å². The number of methoxy groups -OCH3 is 1. The van der Waals surface area contributed by atoms with Gasteiger partial charge in [-0.3, -0.25) is 9.59 Å². The maximum Gasteiger partial charge on any atom is 0.325 e. The van der Waals surface area contributed by atoms with Crippen molar-refractivity contribution in [2.24, 2.45) is 0 Å². The molecule has 0 unspecified atom stereocenters. The molecule has 0 fully saturated rings. The average Bonchev–Trinajstić information content (AvgIpc) is 2.42. The second kappa shape index (κ2) is 7.32. The number of nitrogens with one attached hydrogen (secondary N) is 1. The molecule has 0 radical (unpaired) electrons. The summed E-state index contributed by atoms with van der Waals surface area (Å²) in [6.45, 7) is 2.53. The van der Waals surface area contributed by atoms with E-state index >= 15 is 0 Å². The molecule has 1 aromatic rings. The lowest BCUT2D eigenvalue weighted by molar-refractivity contribution is -0.139. The van der Waals surface area contributed by atoms with Crippen LogP contribution in [-0.2, 0) is 9.53 Å². The van der Waals surface area contributed by atoms with E-state index in [-0.39, 0.29) is 12.5 Å². The van der Waals surface area contributed by atoms with Crippen LogP contribution in [-0.4, -0.2) is 32.1 Å². The van der Waals surface area contributed by atoms with Crippen LogP contribution in [0.4, 0.5) is 0 Å². The summed E-state index contributed by atoms with van der Waals surface area (Å²) in [4.78, 5) is 22.5. The van der Waals surface area contributed by atoms with E-state index in [0.29, 0.717) is 12.2 Å². The Morgan fingerprint density at radius 3 is 2.44 bits per heavy atom. The van der Waals surface area contributed by atoms with Crippen LogP contribution in [0.25, 0.3) is 0 Å². The zero-order chi connectivity index (χ0) is 13.4. The third-order valence-electron chi connectivity index (χ3n) is 2.21. The molecule has 0 aliphatic carbocycles. The number of hydrogen-bond acceptors (Lipinski definition) is 4. The molecular weight excluding hydrogens is 234 g/mol. The summed E-state index contributed by atoms with van der Waals surface area (Å²) in [6, 6.07) is 6.75. The molecule has 1 N–H and O–H groups in total. The lowest BCUT2D eigenvalue weighted by Gasteiger charge is -2.06. The first-order valence-corrected chi connectivity index (χ1v) is 5.75. The van der Waals surface area contributed by atoms with E-state index in [1.807, 2.05) is 6.92 Å². The molecule has 0 heterocycles. The Bertz CT molecular complexity index is 400. The van der Waals surface area contributed by atoms with Crippen LogP contribution >= 0.6 is 0 Å². The number of amides is 1. The molecule has 0 spiro atoms. The summed E-state index contributed by atoms with van der Waals surface area (Å²) in [7, 11) is 1.27. The van der Waals surface area contributed by atoms with Crippen LogP contribution in [0.2, 0.25) is 0 Å². The van der Waals surface area contributed by atoms with Gasteiger partial charge in [-0.05, 0) is 30.7 Å². The summed E-state index contributed by atoms with van der Waals surface area (Å²) >= 11 is 0. The first kappa shape index (κ1) is 14.0. The first-order valence-electron chi connectivity index (χ1n) is 5.75. The fraction of sp³-hybridized carbons (Fsp3) is 0.385. The molecule has 5 nitrogen and oxygen atoms in total. The highest BCUT2D eigenvalue weighted by molar-refractivity contribution is 5.95. The molecule has 0 aromatic heterocycles. The molecule has 1 rings (SSSR count). The highest BCUT2D eigenvalue weighted by Gasteiger charge is 2.07. The lowest BCUT2D eigenvalue weighted by atomic mass is 10.2. The van der Waals surface area contributed by atoms with Crippen LogP contribution in [0.5, 0.6) is 5.75 Å². The van der Waals surface area contributed by atoms with Gasteiger partial charge in [0.1, 0.15) is 12.3 Å². The zero-order valence-corrected chi connectivity index (χ0v) is 10.6. The van der Waals surface area contributed by atoms with Crippen molar-refractivity contribution in [1.29, 1.82) is 0 Å². The quantitative estimate of drug-likeness (QED) is 0.776. The van der Waals surface area contributed by atoms with Crippen molar-refractivity contribution < 1.29 is 19.1 Å². The van der Waals surface area contributed by atoms with Crippen molar-refractivity contribution in [1.82, 2.24) is 5.32 Å². The van der Waals surface area contributed by atoms with Gasteiger partial charge in [-0.2, -0.15) is 0 Å². The Kier molecular flexibility index (Phi) is 5.70. The van der Waals surface area contributed by atoms with Gasteiger partial charge >= 0.3 is 5.97 Å². The minimum Gasteiger partial charge on any atom is -0.494 e. The number of benzene rings is 1. The molecule has 0 aliphatic rings. The van der Waals surface area contributed by atoms with E-state index in [1.165, 1.54) is 7.11 Å². The summed E-state index contributed by atoms with van der Waals surface area (Å²) in [5, 5.41) is 2.46. The Hall–Kier alpha value is -2.04. The number of rotatable bonds is 6. The second-order valence-electron chi connectivity index (χ2n) is 3.63. The maximum atomic E-state index is 11.6. The van der Waals surface area contributed by atoms with Crippen molar-refractivity contribution in [3.63, 3.8) is 0 Å². The Morgan fingerprint density at radius 1 is 1.22 bits per heavy atom. The fourth-order valence-corrected chi connectivity index (χ4v) is 1.25. The summed E-state index contributed by atoms with van der Waals surface area (Å²) in [6.07, 6.45) is 0.932. The van der Waals surface area contributed by atoms with Gasteiger partial charge in [0.25, 0.3) is 5.91 Å². The number of ether oxygens (including phenoxy) is 2. The second-order valence-corrected chi connectivity index (χ2v) is 3.63. The van der Waals surface area contributed by atoms with Gasteiger partial charge in [0.2, 0.25) is 0 Å². The van der Waals surface area contributed by atoms with E-state index in [4.69, 9.17) is 4.74 Å². The Morgan fingerprint density at radius 2 is 1.89 bits per heavy atom. The fourth-order valence-electron chi connectivity index (χ4n) is 1.25. The first-order chi connectivity index (χ1) is 8.67. The predicted molar refractivity (Wildman–Crippen MR) is 66.6 cm³/mol. The van der Waals surface area contributed by atoms with Gasteiger partial charge in [-0.25, -0.2) is 0 Å². The van der Waals surface area contributed by atoms with Crippen molar-refractivity contribution in [2.75, 3.05) is 20.3 Å². The van der Waals surface area contributed by atoms with Crippen LogP contribution < -0.4 is 10.1 Å². The molecule has 0 saturated carbocycles. The maximum absolute atomic E-state index is 11.6. The standard InChI is InChI=1S/C13H17NO4/c1-3-8-18-11-6-4-10(5-7-11)13(16)14-9-12(15)17-2/h4-7H,3,8-9H2,1-2H3,(H,14,16). The number of esters is 1. The highest BCUT2D eigenvalue weighted by atomic mass is 16.5. The monoisotopic (exact) mass is 251 g/mol. The highest BCUT2D eigenvalue weighted by Crippen LogP contribution is 2.12. The van der Waals surface area contributed by atoms with Gasteiger partial charge in [0, 0.05) is 5.56 Å². The van der Waals surface area contributed by atoms with E-state index in [0.717, 1.165) is 12.2 Å². The summed E-state index contributed by atoms with van der Waals surface area (Å²) in [5.41, 5.74) is 0.475. The molecule has 0 atom stereocenters. The molecule has 1 amide bonds. The third-order valence-corrected chi connectivity index (χ3v) is 2.21. The molecule has 98 valence electrons. The van der Waals surface area contributed by atoms with Crippen molar-refractivity contribution >= 4 is 11.9 Å². The normalized spacial score (nSPS) is 9.67. The van der Waals surface area contributed by atoms with E-state index in [9.17, 15) is 9.59 Å². The van der Waals surface area contributed by atoms with Gasteiger partial charge in [-0.15, -0.1) is 0 Å². The van der Waals surface area contributed by atoms with E-state index in [1.54, 1.807) is 24.3 Å². The van der Waals surface area contributed by atoms with Crippen LogP contribution in [0, 0.1) is 0 Å². The van der Waals surface area contributed by atoms with Gasteiger partial charge < -0.3 is 14.8 Å². The minimum atomic E-state index is -0.480. The largest absolute Gasteiger partial charge is 0.494 e. The third kappa shape index (κ3) is 4.45. The molecule has 0 saturated heterocycles. The van der Waals surface area contributed by atoms with Crippen molar-refractivity contribution in [2.45, 2.75) is 13.3 Å². The van der Waals surface area contributed by atoms with Crippen molar-refractivity contribution in [3.8, 4) is 5.75 Å². The topological polar surface area (TPSA) is 64.6 Å². The summed E-state index contributed by atoms with van der Waals surface area (Å²) in [5.74, 6) is -0.0740. The zero-order valence-electron chi connectivity index (χ0n) is 10.6. The Labute approximate surface area is 106 Å². The van der Waals surface area contributed by atoms with Crippen LogP contribution in [0.1, 0.15) is 23.7 Å². The smallest absolute Gasteiger partial charge is 0.325 e. The van der Waals surface area contributed by atoms with E-state index < -0.39 is 5.97 Å². The lowest BCUT2D eigenvalue weighted by Crippen LogP contribution is -2.30.